The van der Waals surface area contributed by atoms with Crippen LogP contribution in [-0.4, -0.2) is 77.0 Å². The molecule has 4 atom stereocenters. The highest BCUT2D eigenvalue weighted by Gasteiger charge is 2.41. The maximum Gasteiger partial charge on any atom is 0.141 e. The zero-order chi connectivity index (χ0) is 37.5. The molecule has 4 aromatic rings. The van der Waals surface area contributed by atoms with E-state index in [9.17, 15) is 5.26 Å². The lowest BCUT2D eigenvalue weighted by Crippen LogP contribution is -2.47. The van der Waals surface area contributed by atoms with Gasteiger partial charge in [0.2, 0.25) is 0 Å². The molecule has 2 fully saturated rings. The predicted molar refractivity (Wildman–Crippen MR) is 213 cm³/mol. The predicted octanol–water partition coefficient (Wildman–Crippen LogP) is 8.71. The third-order valence-corrected chi connectivity index (χ3v) is 11.7. The third-order valence-electron chi connectivity index (χ3n) is 11.1. The number of aromatic amines is 1. The van der Waals surface area contributed by atoms with Gasteiger partial charge in [0.15, 0.2) is 0 Å². The second-order valence-electron chi connectivity index (χ2n) is 15.0. The van der Waals surface area contributed by atoms with E-state index in [4.69, 9.17) is 37.4 Å². The highest BCUT2D eigenvalue weighted by atomic mass is 35.5. The van der Waals surface area contributed by atoms with Crippen molar-refractivity contribution in [2.24, 2.45) is 11.8 Å². The molecule has 1 aliphatic carbocycles. The van der Waals surface area contributed by atoms with Crippen LogP contribution in [0, 0.1) is 23.2 Å². The molecule has 7 rings (SSSR count). The van der Waals surface area contributed by atoms with Gasteiger partial charge < -0.3 is 19.1 Å². The first-order valence-corrected chi connectivity index (χ1v) is 19.7. The van der Waals surface area contributed by atoms with Crippen molar-refractivity contribution in [2.75, 3.05) is 46.4 Å². The van der Waals surface area contributed by atoms with Crippen molar-refractivity contribution < 1.29 is 14.2 Å². The molecular formula is C43H48Cl2N6O3. The van der Waals surface area contributed by atoms with E-state index in [1.165, 1.54) is 0 Å². The largest absolute Gasteiger partial charge is 0.489 e. The van der Waals surface area contributed by atoms with Gasteiger partial charge in [-0.25, -0.2) is 0 Å². The Hall–Kier alpha value is -4.17. The molecule has 0 spiro atoms. The molecule has 2 aromatic carbocycles. The number of allylic oxidation sites excluding steroid dienone is 2. The summed E-state index contributed by atoms with van der Waals surface area (Å²) in [5, 5.41) is 18.0. The highest BCUT2D eigenvalue weighted by molar-refractivity contribution is 6.32. The zero-order valence-corrected chi connectivity index (χ0v) is 32.5. The van der Waals surface area contributed by atoms with Crippen LogP contribution in [0.4, 0.5) is 0 Å². The number of nitrogens with one attached hydrogen (secondary N) is 1. The Bertz CT molecular complexity index is 2000. The molecule has 0 radical (unpaired) electrons. The molecular weight excluding hydrogens is 719 g/mol. The monoisotopic (exact) mass is 766 g/mol. The van der Waals surface area contributed by atoms with Crippen LogP contribution in [0.2, 0.25) is 10.0 Å². The minimum atomic E-state index is -0.777. The summed E-state index contributed by atoms with van der Waals surface area (Å²) >= 11 is 13.8. The van der Waals surface area contributed by atoms with E-state index in [2.05, 4.69) is 75.4 Å². The standard InChI is InChI=1S/C43H48Cl2N6O3/c1-30-36(37-10-3-4-12-38(37)44)11-5-14-43(30,54-28-31-8-6-16-50(2)24-31)29-53-42-20-41(52-27-33-18-32(21-46)22-47-23-33)35(19-39(42)45)26-51-17-7-9-34(25-51)40-13-15-48-49-40/h3-5,10-15,18-20,22-23,30-31,34H,6-9,16-17,24-29H2,1-2H3,(H,48,49). The van der Waals surface area contributed by atoms with Crippen LogP contribution in [0.1, 0.15) is 66.5 Å². The van der Waals surface area contributed by atoms with Gasteiger partial charge in [0.25, 0.3) is 0 Å². The number of aromatic nitrogens is 3. The van der Waals surface area contributed by atoms with Gasteiger partial charge in [-0.3, -0.25) is 15.0 Å². The molecule has 4 heterocycles. The number of hydrogen-bond acceptors (Lipinski definition) is 8. The van der Waals surface area contributed by atoms with E-state index < -0.39 is 5.60 Å². The number of rotatable bonds is 13. The average molecular weight is 768 g/mol. The zero-order valence-electron chi connectivity index (χ0n) is 31.0. The topological polar surface area (TPSA) is 99.5 Å². The first-order valence-electron chi connectivity index (χ1n) is 18.9. The number of H-pyrrole nitrogens is 1. The summed E-state index contributed by atoms with van der Waals surface area (Å²) in [4.78, 5) is 9.05. The van der Waals surface area contributed by atoms with Crippen molar-refractivity contribution in [3.05, 3.63) is 123 Å². The first-order chi connectivity index (χ1) is 26.3. The third kappa shape index (κ3) is 9.02. The molecule has 4 unspecified atom stereocenters. The number of nitrogens with zero attached hydrogens (tertiary/aromatic N) is 5. The molecule has 2 aromatic heterocycles. The van der Waals surface area contributed by atoms with Crippen LogP contribution >= 0.6 is 23.2 Å². The molecule has 2 saturated heterocycles. The molecule has 0 amide bonds. The molecule has 11 heteroatoms. The summed E-state index contributed by atoms with van der Waals surface area (Å²) in [6.07, 6.45) is 15.9. The average Bonchev–Trinajstić information content (AvgIpc) is 3.73. The number of ether oxygens (including phenoxy) is 3. The number of piperidine rings is 2. The Balaban J connectivity index is 1.16. The van der Waals surface area contributed by atoms with Crippen molar-refractivity contribution in [3.8, 4) is 17.6 Å². The van der Waals surface area contributed by atoms with Crippen molar-refractivity contribution in [1.29, 1.82) is 5.26 Å². The van der Waals surface area contributed by atoms with E-state index in [1.807, 2.05) is 36.5 Å². The highest BCUT2D eigenvalue weighted by Crippen LogP contribution is 2.43. The normalized spacial score (nSPS) is 23.5. The minimum absolute atomic E-state index is 0.0701. The summed E-state index contributed by atoms with van der Waals surface area (Å²) in [7, 11) is 2.18. The van der Waals surface area contributed by atoms with Crippen LogP contribution in [-0.2, 0) is 17.9 Å². The van der Waals surface area contributed by atoms with E-state index in [-0.39, 0.29) is 19.1 Å². The van der Waals surface area contributed by atoms with Crippen molar-refractivity contribution in [1.82, 2.24) is 25.0 Å². The van der Waals surface area contributed by atoms with Crippen LogP contribution in [0.25, 0.3) is 5.57 Å². The number of likely N-dealkylation sites (tertiary alicyclic amines) is 2. The summed E-state index contributed by atoms with van der Waals surface area (Å²) in [5.74, 6) is 1.92. The van der Waals surface area contributed by atoms with Gasteiger partial charge in [0, 0.05) is 78.0 Å². The number of benzene rings is 2. The molecule has 3 aliphatic rings. The van der Waals surface area contributed by atoms with Gasteiger partial charge in [-0.1, -0.05) is 60.5 Å². The van der Waals surface area contributed by atoms with Crippen molar-refractivity contribution >= 4 is 28.8 Å². The Kier molecular flexibility index (Phi) is 12.4. The summed E-state index contributed by atoms with van der Waals surface area (Å²) in [5.41, 5.74) is 4.72. The lowest BCUT2D eigenvalue weighted by molar-refractivity contribution is -0.0788. The summed E-state index contributed by atoms with van der Waals surface area (Å²) in [6.45, 7) is 7.92. The SMILES string of the molecule is CC1C(c2ccccc2Cl)=CC=CC1(COc1cc(OCc2cncc(C#N)c2)c(CN2CCCC(c3ccn[nH]3)C2)cc1Cl)OCC1CCCN(C)C1. The van der Waals surface area contributed by atoms with Crippen molar-refractivity contribution in [3.63, 3.8) is 0 Å². The van der Waals surface area contributed by atoms with Gasteiger partial charge in [-0.2, -0.15) is 10.4 Å². The van der Waals surface area contributed by atoms with Crippen LogP contribution in [0.3, 0.4) is 0 Å². The van der Waals surface area contributed by atoms with Crippen LogP contribution < -0.4 is 9.47 Å². The Morgan fingerprint density at radius 2 is 1.87 bits per heavy atom. The van der Waals surface area contributed by atoms with Crippen LogP contribution in [0.15, 0.2) is 85.3 Å². The van der Waals surface area contributed by atoms with Gasteiger partial charge in [-0.05, 0) is 93.2 Å². The fourth-order valence-corrected chi connectivity index (χ4v) is 8.55. The summed E-state index contributed by atoms with van der Waals surface area (Å²) in [6, 6.07) is 17.9. The number of halogens is 2. The molecule has 0 bridgehead atoms. The number of hydrogen-bond donors (Lipinski definition) is 1. The van der Waals surface area contributed by atoms with Crippen LogP contribution in [0.5, 0.6) is 11.5 Å². The van der Waals surface area contributed by atoms with E-state index in [1.54, 1.807) is 18.5 Å². The first kappa shape index (κ1) is 38.1. The Morgan fingerprint density at radius 3 is 2.69 bits per heavy atom. The summed E-state index contributed by atoms with van der Waals surface area (Å²) < 4.78 is 20.2. The number of nitriles is 1. The van der Waals surface area contributed by atoms with E-state index >= 15 is 0 Å². The minimum Gasteiger partial charge on any atom is -0.489 e. The lowest BCUT2D eigenvalue weighted by atomic mass is 9.77. The molecule has 9 nitrogen and oxygen atoms in total. The maximum absolute atomic E-state index is 9.45. The van der Waals surface area contributed by atoms with Gasteiger partial charge >= 0.3 is 0 Å². The Labute approximate surface area is 328 Å². The van der Waals surface area contributed by atoms with Gasteiger partial charge in [0.05, 0.1) is 17.2 Å². The fraction of sp³-hybridized carbons (Fsp3) is 0.419. The second-order valence-corrected chi connectivity index (χ2v) is 15.8. The van der Waals surface area contributed by atoms with E-state index in [0.29, 0.717) is 52.1 Å². The smallest absolute Gasteiger partial charge is 0.141 e. The van der Waals surface area contributed by atoms with Gasteiger partial charge in [-0.15, -0.1) is 0 Å². The molecule has 54 heavy (non-hydrogen) atoms. The lowest BCUT2D eigenvalue weighted by Gasteiger charge is -2.41. The Morgan fingerprint density at radius 1 is 1.00 bits per heavy atom. The quantitative estimate of drug-likeness (QED) is 0.144. The number of pyridine rings is 1. The second kappa shape index (κ2) is 17.5. The molecule has 2 aliphatic heterocycles. The van der Waals surface area contributed by atoms with E-state index in [0.717, 1.165) is 79.8 Å². The van der Waals surface area contributed by atoms with Crippen molar-refractivity contribution in [2.45, 2.75) is 57.3 Å². The molecule has 0 saturated carbocycles. The molecule has 282 valence electrons. The fourth-order valence-electron chi connectivity index (χ4n) is 8.07. The molecule has 1 N–H and O–H groups in total. The maximum atomic E-state index is 9.45. The van der Waals surface area contributed by atoms with Gasteiger partial charge in [0.1, 0.15) is 36.4 Å².